The van der Waals surface area contributed by atoms with Gasteiger partial charge in [0.2, 0.25) is 5.91 Å². The van der Waals surface area contributed by atoms with E-state index in [0.29, 0.717) is 18.0 Å². The first-order valence-corrected chi connectivity index (χ1v) is 8.60. The fourth-order valence-electron chi connectivity index (χ4n) is 2.68. The zero-order chi connectivity index (χ0) is 19.2. The third kappa shape index (κ3) is 4.61. The molecule has 6 heteroatoms. The van der Waals surface area contributed by atoms with Gasteiger partial charge in [0.15, 0.2) is 0 Å². The normalized spacial score (nSPS) is 10.4. The highest BCUT2D eigenvalue weighted by Gasteiger charge is 2.09. The molecule has 0 bridgehead atoms. The van der Waals surface area contributed by atoms with Gasteiger partial charge in [-0.25, -0.2) is 4.68 Å². The SMILES string of the molecule is COc1ccccc1CNC(=O)Cn1nc(-c2ccc(C)cc2)ccc1=O. The minimum Gasteiger partial charge on any atom is -0.496 e. The third-order valence-corrected chi connectivity index (χ3v) is 4.18. The van der Waals surface area contributed by atoms with Gasteiger partial charge in [-0.05, 0) is 19.1 Å². The molecule has 0 unspecified atom stereocenters. The standard InChI is InChI=1S/C21H21N3O3/c1-15-7-9-16(10-8-15)18-11-12-21(26)24(23-18)14-20(25)22-13-17-5-3-4-6-19(17)27-2/h3-12H,13-14H2,1-2H3,(H,22,25). The number of hydrogen-bond acceptors (Lipinski definition) is 4. The van der Waals surface area contributed by atoms with Gasteiger partial charge < -0.3 is 10.1 Å². The molecule has 2 aromatic carbocycles. The van der Waals surface area contributed by atoms with Crippen LogP contribution >= 0.6 is 0 Å². The van der Waals surface area contributed by atoms with Crippen molar-refractivity contribution in [2.45, 2.75) is 20.0 Å². The molecule has 0 aliphatic carbocycles. The fraction of sp³-hybridized carbons (Fsp3) is 0.190. The molecule has 0 spiro atoms. The molecule has 1 heterocycles. The van der Waals surface area contributed by atoms with Crippen LogP contribution in [0.1, 0.15) is 11.1 Å². The van der Waals surface area contributed by atoms with Crippen LogP contribution in [0.5, 0.6) is 5.75 Å². The number of carbonyl (C=O) groups is 1. The number of rotatable bonds is 6. The monoisotopic (exact) mass is 363 g/mol. The van der Waals surface area contributed by atoms with E-state index in [4.69, 9.17) is 4.74 Å². The number of ether oxygens (including phenoxy) is 1. The Hall–Kier alpha value is -3.41. The van der Waals surface area contributed by atoms with Crippen LogP contribution in [0, 0.1) is 6.92 Å². The molecule has 27 heavy (non-hydrogen) atoms. The van der Waals surface area contributed by atoms with E-state index in [1.165, 1.54) is 10.7 Å². The lowest BCUT2D eigenvalue weighted by Gasteiger charge is -2.10. The molecule has 0 saturated carbocycles. The van der Waals surface area contributed by atoms with E-state index in [9.17, 15) is 9.59 Å². The van der Waals surface area contributed by atoms with Crippen LogP contribution in [-0.4, -0.2) is 22.8 Å². The maximum absolute atomic E-state index is 12.3. The number of nitrogens with zero attached hydrogens (tertiary/aromatic N) is 2. The largest absolute Gasteiger partial charge is 0.496 e. The molecule has 0 fully saturated rings. The number of aryl methyl sites for hydroxylation is 1. The van der Waals surface area contributed by atoms with Gasteiger partial charge in [0, 0.05) is 23.7 Å². The first kappa shape index (κ1) is 18.4. The maximum Gasteiger partial charge on any atom is 0.267 e. The average molecular weight is 363 g/mol. The van der Waals surface area contributed by atoms with Crippen LogP contribution < -0.4 is 15.6 Å². The number of hydrogen-bond donors (Lipinski definition) is 1. The highest BCUT2D eigenvalue weighted by Crippen LogP contribution is 2.17. The molecule has 0 aliphatic rings. The van der Waals surface area contributed by atoms with Crippen molar-refractivity contribution in [3.8, 4) is 17.0 Å². The molecule has 6 nitrogen and oxygen atoms in total. The molecular weight excluding hydrogens is 342 g/mol. The Labute approximate surface area is 157 Å². The Morgan fingerprint density at radius 3 is 2.56 bits per heavy atom. The van der Waals surface area contributed by atoms with Crippen LogP contribution in [0.2, 0.25) is 0 Å². The van der Waals surface area contributed by atoms with Crippen molar-refractivity contribution in [3.63, 3.8) is 0 Å². The third-order valence-electron chi connectivity index (χ3n) is 4.18. The number of nitrogens with one attached hydrogen (secondary N) is 1. The van der Waals surface area contributed by atoms with Crippen molar-refractivity contribution in [1.82, 2.24) is 15.1 Å². The summed E-state index contributed by atoms with van der Waals surface area (Å²) in [6.07, 6.45) is 0. The van der Waals surface area contributed by atoms with Crippen LogP contribution in [0.25, 0.3) is 11.3 Å². The zero-order valence-electron chi connectivity index (χ0n) is 15.3. The van der Waals surface area contributed by atoms with Gasteiger partial charge in [0.1, 0.15) is 12.3 Å². The van der Waals surface area contributed by atoms with Gasteiger partial charge in [-0.2, -0.15) is 5.10 Å². The quantitative estimate of drug-likeness (QED) is 0.730. The van der Waals surface area contributed by atoms with Crippen molar-refractivity contribution >= 4 is 5.91 Å². The second kappa shape index (κ2) is 8.31. The molecule has 0 atom stereocenters. The summed E-state index contributed by atoms with van der Waals surface area (Å²) < 4.78 is 6.44. The molecule has 0 saturated heterocycles. The Bertz CT molecular complexity index is 994. The Morgan fingerprint density at radius 1 is 1.07 bits per heavy atom. The minimum absolute atomic E-state index is 0.145. The van der Waals surface area contributed by atoms with Crippen LogP contribution in [0.3, 0.4) is 0 Å². The number of para-hydroxylation sites is 1. The number of carbonyl (C=O) groups excluding carboxylic acids is 1. The zero-order valence-corrected chi connectivity index (χ0v) is 15.3. The minimum atomic E-state index is -0.321. The van der Waals surface area contributed by atoms with E-state index in [2.05, 4.69) is 10.4 Å². The molecule has 138 valence electrons. The molecule has 1 N–H and O–H groups in total. The summed E-state index contributed by atoms with van der Waals surface area (Å²) in [6.45, 7) is 2.17. The highest BCUT2D eigenvalue weighted by atomic mass is 16.5. The first-order valence-electron chi connectivity index (χ1n) is 8.60. The second-order valence-electron chi connectivity index (χ2n) is 6.17. The van der Waals surface area contributed by atoms with Crippen molar-refractivity contribution in [2.24, 2.45) is 0 Å². The average Bonchev–Trinajstić information content (AvgIpc) is 2.69. The van der Waals surface area contributed by atoms with Gasteiger partial charge in [-0.15, -0.1) is 0 Å². The molecular formula is C21H21N3O3. The van der Waals surface area contributed by atoms with E-state index in [0.717, 1.165) is 16.7 Å². The summed E-state index contributed by atoms with van der Waals surface area (Å²) >= 11 is 0. The molecule has 1 aromatic heterocycles. The fourth-order valence-corrected chi connectivity index (χ4v) is 2.68. The Balaban J connectivity index is 1.71. The van der Waals surface area contributed by atoms with Gasteiger partial charge >= 0.3 is 0 Å². The topological polar surface area (TPSA) is 73.2 Å². The number of methoxy groups -OCH3 is 1. The van der Waals surface area contributed by atoms with E-state index in [-0.39, 0.29) is 18.0 Å². The predicted molar refractivity (Wildman–Crippen MR) is 104 cm³/mol. The lowest BCUT2D eigenvalue weighted by atomic mass is 10.1. The maximum atomic E-state index is 12.3. The Kier molecular flexibility index (Phi) is 5.66. The molecule has 0 aliphatic heterocycles. The van der Waals surface area contributed by atoms with Gasteiger partial charge in [0.25, 0.3) is 5.56 Å². The van der Waals surface area contributed by atoms with Gasteiger partial charge in [-0.3, -0.25) is 9.59 Å². The molecule has 3 aromatic rings. The summed E-state index contributed by atoms with van der Waals surface area (Å²) in [5.41, 5.74) is 3.22. The van der Waals surface area contributed by atoms with Crippen LogP contribution in [-0.2, 0) is 17.9 Å². The smallest absolute Gasteiger partial charge is 0.267 e. The summed E-state index contributed by atoms with van der Waals surface area (Å²) in [7, 11) is 1.58. The second-order valence-corrected chi connectivity index (χ2v) is 6.17. The van der Waals surface area contributed by atoms with Crippen LogP contribution in [0.15, 0.2) is 65.5 Å². The van der Waals surface area contributed by atoms with Gasteiger partial charge in [-0.1, -0.05) is 48.0 Å². The van der Waals surface area contributed by atoms with E-state index in [1.807, 2.05) is 55.5 Å². The van der Waals surface area contributed by atoms with Crippen LogP contribution in [0.4, 0.5) is 0 Å². The van der Waals surface area contributed by atoms with Crippen molar-refractivity contribution in [3.05, 3.63) is 82.1 Å². The summed E-state index contributed by atoms with van der Waals surface area (Å²) in [5, 5.41) is 7.12. The van der Waals surface area contributed by atoms with E-state index < -0.39 is 0 Å². The highest BCUT2D eigenvalue weighted by molar-refractivity contribution is 5.75. The van der Waals surface area contributed by atoms with E-state index in [1.54, 1.807) is 13.2 Å². The lowest BCUT2D eigenvalue weighted by molar-refractivity contribution is -0.122. The van der Waals surface area contributed by atoms with Gasteiger partial charge in [0.05, 0.1) is 12.8 Å². The lowest BCUT2D eigenvalue weighted by Crippen LogP contribution is -2.33. The predicted octanol–water partition coefficient (Wildman–Crippen LogP) is 2.54. The number of aromatic nitrogens is 2. The van der Waals surface area contributed by atoms with Crippen molar-refractivity contribution in [1.29, 1.82) is 0 Å². The molecule has 1 amide bonds. The van der Waals surface area contributed by atoms with Crippen molar-refractivity contribution in [2.75, 3.05) is 7.11 Å². The first-order chi connectivity index (χ1) is 13.1. The summed E-state index contributed by atoms with van der Waals surface area (Å²) in [5.74, 6) is 0.408. The number of amides is 1. The number of benzene rings is 2. The molecule has 3 rings (SSSR count). The molecule has 0 radical (unpaired) electrons. The van der Waals surface area contributed by atoms with E-state index >= 15 is 0 Å². The summed E-state index contributed by atoms with van der Waals surface area (Å²) in [4.78, 5) is 24.3. The van der Waals surface area contributed by atoms with Crippen molar-refractivity contribution < 1.29 is 9.53 Å². The summed E-state index contributed by atoms with van der Waals surface area (Å²) in [6, 6.07) is 18.4. The Morgan fingerprint density at radius 2 is 1.81 bits per heavy atom.